The number of benzene rings is 1. The lowest BCUT2D eigenvalue weighted by Crippen LogP contribution is -2.41. The molecular formula is C13H19N3O2. The highest BCUT2D eigenvalue weighted by Crippen LogP contribution is 2.21. The summed E-state index contributed by atoms with van der Waals surface area (Å²) in [5, 5.41) is 13.1. The van der Waals surface area contributed by atoms with Gasteiger partial charge in [0.2, 0.25) is 0 Å². The minimum atomic E-state index is -0.320. The highest BCUT2D eigenvalue weighted by atomic mass is 16.6. The molecule has 1 aliphatic rings. The van der Waals surface area contributed by atoms with Gasteiger partial charge in [-0.15, -0.1) is 0 Å². The third-order valence-corrected chi connectivity index (χ3v) is 3.46. The van der Waals surface area contributed by atoms with E-state index in [9.17, 15) is 10.1 Å². The van der Waals surface area contributed by atoms with Crippen molar-refractivity contribution in [1.29, 1.82) is 0 Å². The van der Waals surface area contributed by atoms with E-state index in [0.717, 1.165) is 24.2 Å². The molecule has 1 aromatic rings. The fourth-order valence-corrected chi connectivity index (χ4v) is 2.31. The first kappa shape index (κ1) is 13.0. The second-order valence-corrected chi connectivity index (χ2v) is 4.70. The van der Waals surface area contributed by atoms with Crippen LogP contribution in [0.1, 0.15) is 30.4 Å². The number of hydrogen-bond acceptors (Lipinski definition) is 4. The molecule has 0 unspecified atom stereocenters. The molecule has 1 fully saturated rings. The Bertz CT molecular complexity index is 428. The van der Waals surface area contributed by atoms with Crippen LogP contribution in [0, 0.1) is 17.0 Å². The van der Waals surface area contributed by atoms with Gasteiger partial charge >= 0.3 is 0 Å². The molecule has 2 rings (SSSR count). The number of hydrogen-bond donors (Lipinski definition) is 1. The van der Waals surface area contributed by atoms with Gasteiger partial charge < -0.3 is 0 Å². The lowest BCUT2D eigenvalue weighted by Gasteiger charge is -2.27. The van der Waals surface area contributed by atoms with Gasteiger partial charge in [-0.1, -0.05) is 18.6 Å². The molecule has 0 amide bonds. The van der Waals surface area contributed by atoms with E-state index in [4.69, 9.17) is 0 Å². The minimum absolute atomic E-state index is 0.202. The smallest absolute Gasteiger partial charge is 0.258 e. The third-order valence-electron chi connectivity index (χ3n) is 3.46. The van der Waals surface area contributed by atoms with Crippen molar-refractivity contribution in [3.63, 3.8) is 0 Å². The molecule has 1 saturated heterocycles. The molecule has 0 radical (unpaired) electrons. The number of nitro benzene ring substituents is 1. The summed E-state index contributed by atoms with van der Waals surface area (Å²) in [5.41, 5.74) is 5.31. The summed E-state index contributed by atoms with van der Waals surface area (Å²) < 4.78 is 0. The average molecular weight is 249 g/mol. The number of rotatable bonds is 4. The van der Waals surface area contributed by atoms with E-state index >= 15 is 0 Å². The molecule has 0 aliphatic carbocycles. The molecule has 0 saturated carbocycles. The number of nitrogens with one attached hydrogen (secondary N) is 1. The maximum absolute atomic E-state index is 10.9. The normalized spacial score (nSPS) is 16.7. The van der Waals surface area contributed by atoms with Gasteiger partial charge in [-0.25, -0.2) is 5.01 Å². The zero-order valence-electron chi connectivity index (χ0n) is 10.7. The molecule has 1 N–H and O–H groups in total. The highest BCUT2D eigenvalue weighted by molar-refractivity contribution is 5.44. The maximum Gasteiger partial charge on any atom is 0.272 e. The molecule has 0 aromatic heterocycles. The summed E-state index contributed by atoms with van der Waals surface area (Å²) in [7, 11) is 0. The van der Waals surface area contributed by atoms with Crippen LogP contribution in [0.3, 0.4) is 0 Å². The molecule has 1 aromatic carbocycles. The summed E-state index contributed by atoms with van der Waals surface area (Å²) in [5.74, 6) is 0. The Morgan fingerprint density at radius 3 is 2.72 bits per heavy atom. The molecule has 5 nitrogen and oxygen atoms in total. The van der Waals surface area contributed by atoms with Gasteiger partial charge in [-0.3, -0.25) is 15.5 Å². The highest BCUT2D eigenvalue weighted by Gasteiger charge is 2.14. The van der Waals surface area contributed by atoms with Gasteiger partial charge in [0, 0.05) is 31.3 Å². The van der Waals surface area contributed by atoms with E-state index in [-0.39, 0.29) is 10.6 Å². The summed E-state index contributed by atoms with van der Waals surface area (Å²) >= 11 is 0. The standard InChI is InChI=1S/C13H19N3O2/c1-11-12(6-5-7-13(11)16(17)18)10-14-15-8-3-2-4-9-15/h5-7,14H,2-4,8-10H2,1H3. The zero-order valence-corrected chi connectivity index (χ0v) is 10.7. The second-order valence-electron chi connectivity index (χ2n) is 4.70. The van der Waals surface area contributed by atoms with E-state index in [1.807, 2.05) is 13.0 Å². The number of nitrogens with zero attached hydrogens (tertiary/aromatic N) is 2. The van der Waals surface area contributed by atoms with Crippen molar-refractivity contribution in [2.45, 2.75) is 32.7 Å². The van der Waals surface area contributed by atoms with Crippen LogP contribution < -0.4 is 5.43 Å². The van der Waals surface area contributed by atoms with E-state index in [1.54, 1.807) is 12.1 Å². The van der Waals surface area contributed by atoms with Crippen LogP contribution in [-0.2, 0) is 6.54 Å². The molecule has 1 heterocycles. The van der Waals surface area contributed by atoms with Crippen LogP contribution in [0.2, 0.25) is 0 Å². The van der Waals surface area contributed by atoms with Crippen LogP contribution >= 0.6 is 0 Å². The van der Waals surface area contributed by atoms with Crippen molar-refractivity contribution in [1.82, 2.24) is 10.4 Å². The van der Waals surface area contributed by atoms with Crippen molar-refractivity contribution in [3.8, 4) is 0 Å². The average Bonchev–Trinajstić information content (AvgIpc) is 2.38. The summed E-state index contributed by atoms with van der Waals surface area (Å²) in [6, 6.07) is 5.25. The minimum Gasteiger partial charge on any atom is -0.258 e. The topological polar surface area (TPSA) is 58.4 Å². The predicted octanol–water partition coefficient (Wildman–Crippen LogP) is 2.39. The Labute approximate surface area is 107 Å². The first-order chi connectivity index (χ1) is 8.68. The van der Waals surface area contributed by atoms with Crippen LogP contribution in [0.15, 0.2) is 18.2 Å². The van der Waals surface area contributed by atoms with Gasteiger partial charge in [-0.2, -0.15) is 0 Å². The molecule has 0 spiro atoms. The van der Waals surface area contributed by atoms with E-state index in [1.165, 1.54) is 19.3 Å². The Morgan fingerprint density at radius 2 is 2.06 bits per heavy atom. The van der Waals surface area contributed by atoms with Crippen LogP contribution in [0.5, 0.6) is 0 Å². The lowest BCUT2D eigenvalue weighted by molar-refractivity contribution is -0.385. The van der Waals surface area contributed by atoms with Crippen molar-refractivity contribution in [2.75, 3.05) is 13.1 Å². The predicted molar refractivity (Wildman–Crippen MR) is 70.1 cm³/mol. The second kappa shape index (κ2) is 5.93. The molecule has 18 heavy (non-hydrogen) atoms. The molecule has 5 heteroatoms. The van der Waals surface area contributed by atoms with E-state index in [2.05, 4.69) is 10.4 Å². The number of piperidine rings is 1. The summed E-state index contributed by atoms with van der Waals surface area (Å²) in [4.78, 5) is 10.5. The monoisotopic (exact) mass is 249 g/mol. The van der Waals surface area contributed by atoms with Gasteiger partial charge in [0.15, 0.2) is 0 Å². The zero-order chi connectivity index (χ0) is 13.0. The first-order valence-electron chi connectivity index (χ1n) is 6.40. The largest absolute Gasteiger partial charge is 0.272 e. The van der Waals surface area contributed by atoms with Crippen LogP contribution in [0.25, 0.3) is 0 Å². The van der Waals surface area contributed by atoms with Gasteiger partial charge in [-0.05, 0) is 25.3 Å². The lowest BCUT2D eigenvalue weighted by atomic mass is 10.1. The van der Waals surface area contributed by atoms with E-state index < -0.39 is 0 Å². The van der Waals surface area contributed by atoms with Gasteiger partial charge in [0.1, 0.15) is 0 Å². The Hall–Kier alpha value is -1.46. The van der Waals surface area contributed by atoms with Crippen LogP contribution in [-0.4, -0.2) is 23.0 Å². The summed E-state index contributed by atoms with van der Waals surface area (Å²) in [6.45, 7) is 4.60. The quantitative estimate of drug-likeness (QED) is 0.657. The molecule has 1 aliphatic heterocycles. The number of hydrazine groups is 1. The molecule has 98 valence electrons. The Kier molecular flexibility index (Phi) is 4.28. The number of nitro groups is 1. The summed E-state index contributed by atoms with van der Waals surface area (Å²) in [6.07, 6.45) is 3.75. The Morgan fingerprint density at radius 1 is 1.33 bits per heavy atom. The van der Waals surface area contributed by atoms with Crippen molar-refractivity contribution in [2.24, 2.45) is 0 Å². The molecule has 0 bridgehead atoms. The fraction of sp³-hybridized carbons (Fsp3) is 0.538. The molecular weight excluding hydrogens is 230 g/mol. The SMILES string of the molecule is Cc1c(CNN2CCCCC2)cccc1[N+](=O)[O-]. The first-order valence-corrected chi connectivity index (χ1v) is 6.40. The van der Waals surface area contributed by atoms with Gasteiger partial charge in [0.25, 0.3) is 5.69 Å². The fourth-order valence-electron chi connectivity index (χ4n) is 2.31. The van der Waals surface area contributed by atoms with Crippen LogP contribution in [0.4, 0.5) is 5.69 Å². The van der Waals surface area contributed by atoms with Gasteiger partial charge in [0.05, 0.1) is 4.92 Å². The van der Waals surface area contributed by atoms with Crippen molar-refractivity contribution < 1.29 is 4.92 Å². The van der Waals surface area contributed by atoms with E-state index in [0.29, 0.717) is 6.54 Å². The molecule has 0 atom stereocenters. The van der Waals surface area contributed by atoms with Crippen molar-refractivity contribution in [3.05, 3.63) is 39.4 Å². The Balaban J connectivity index is 2.00. The third kappa shape index (κ3) is 3.05. The maximum atomic E-state index is 10.9. The van der Waals surface area contributed by atoms with Crippen molar-refractivity contribution >= 4 is 5.69 Å².